The third-order valence-corrected chi connectivity index (χ3v) is 5.63. The number of aromatic nitrogens is 2. The molecule has 1 aromatic carbocycles. The molecule has 152 valence electrons. The van der Waals surface area contributed by atoms with Crippen LogP contribution in [0.15, 0.2) is 59.7 Å². The van der Waals surface area contributed by atoms with Crippen LogP contribution in [0.2, 0.25) is 0 Å². The number of nitrogens with zero attached hydrogens (tertiary/aromatic N) is 4. The molecule has 1 aliphatic heterocycles. The third kappa shape index (κ3) is 4.59. The summed E-state index contributed by atoms with van der Waals surface area (Å²) in [5.74, 6) is 0.805. The van der Waals surface area contributed by atoms with Crippen molar-refractivity contribution in [3.8, 4) is 0 Å². The Hall–Kier alpha value is -2.86. The van der Waals surface area contributed by atoms with Crippen molar-refractivity contribution in [2.75, 3.05) is 26.7 Å². The molecule has 0 saturated carbocycles. The summed E-state index contributed by atoms with van der Waals surface area (Å²) in [4.78, 5) is 11.7. The van der Waals surface area contributed by atoms with Crippen LogP contribution in [0.4, 0.5) is 0 Å². The molecule has 1 aliphatic rings. The van der Waals surface area contributed by atoms with Gasteiger partial charge in [-0.15, -0.1) is 0 Å². The average Bonchev–Trinajstić information content (AvgIpc) is 3.42. The minimum absolute atomic E-state index is 0.357. The smallest absolute Gasteiger partial charge is 0.191 e. The number of pyridine rings is 1. The van der Waals surface area contributed by atoms with E-state index in [-0.39, 0.29) is 0 Å². The zero-order valence-electron chi connectivity index (χ0n) is 17.3. The molecule has 3 heterocycles. The fourth-order valence-corrected chi connectivity index (χ4v) is 4.06. The zero-order chi connectivity index (χ0) is 20.1. The van der Waals surface area contributed by atoms with E-state index in [0.29, 0.717) is 12.6 Å². The second-order valence-corrected chi connectivity index (χ2v) is 7.60. The van der Waals surface area contributed by atoms with Crippen LogP contribution in [0.3, 0.4) is 0 Å². The number of hydrogen-bond acceptors (Lipinski definition) is 3. The molecule has 0 aliphatic carbocycles. The lowest BCUT2D eigenvalue weighted by Gasteiger charge is -2.28. The summed E-state index contributed by atoms with van der Waals surface area (Å²) >= 11 is 0. The number of likely N-dealkylation sites (tertiary alicyclic amines) is 1. The molecule has 6 nitrogen and oxygen atoms in total. The number of rotatable bonds is 6. The Kier molecular flexibility index (Phi) is 6.10. The molecule has 2 aromatic heterocycles. The quantitative estimate of drug-likeness (QED) is 0.502. The van der Waals surface area contributed by atoms with E-state index in [2.05, 4.69) is 74.4 Å². The molecule has 0 radical (unpaired) electrons. The second kappa shape index (κ2) is 9.09. The van der Waals surface area contributed by atoms with E-state index in [9.17, 15) is 0 Å². The van der Waals surface area contributed by atoms with E-state index < -0.39 is 0 Å². The van der Waals surface area contributed by atoms with E-state index in [1.807, 2.05) is 19.2 Å². The Morgan fingerprint density at radius 1 is 1.07 bits per heavy atom. The van der Waals surface area contributed by atoms with Crippen LogP contribution in [0, 0.1) is 6.92 Å². The first kappa shape index (κ1) is 19.5. The molecular weight excluding hydrogens is 360 g/mol. The molecule has 1 atom stereocenters. The van der Waals surface area contributed by atoms with Crippen LogP contribution in [-0.4, -0.2) is 46.9 Å². The number of nitrogens with one attached hydrogen (secondary N) is 2. The summed E-state index contributed by atoms with van der Waals surface area (Å²) < 4.78 is 2.12. The number of benzene rings is 1. The summed E-state index contributed by atoms with van der Waals surface area (Å²) in [6.45, 7) is 5.88. The SMILES string of the molecule is CN=C(NCc1cn2c(C)cccc2n1)NCC(c1ccccc1)N1CCCC1. The standard InChI is InChI=1S/C23H30N6/c1-18-9-8-12-22-27-20(17-29(18)22)15-25-23(24-2)26-16-21(28-13-6-7-14-28)19-10-4-3-5-11-19/h3-5,8-12,17,21H,6-7,13-16H2,1-2H3,(H2,24,25,26). The largest absolute Gasteiger partial charge is 0.354 e. The minimum atomic E-state index is 0.357. The summed E-state index contributed by atoms with van der Waals surface area (Å²) in [5, 5.41) is 6.93. The molecule has 0 bridgehead atoms. The fourth-order valence-electron chi connectivity index (χ4n) is 4.06. The predicted molar refractivity (Wildman–Crippen MR) is 118 cm³/mol. The number of aliphatic imine (C=N–C) groups is 1. The summed E-state index contributed by atoms with van der Waals surface area (Å²) in [6, 6.07) is 17.3. The lowest BCUT2D eigenvalue weighted by molar-refractivity contribution is 0.245. The Labute approximate surface area is 172 Å². The summed E-state index contributed by atoms with van der Waals surface area (Å²) in [5.41, 5.74) is 4.51. The van der Waals surface area contributed by atoms with Gasteiger partial charge in [0, 0.05) is 25.5 Å². The van der Waals surface area contributed by atoms with E-state index in [0.717, 1.165) is 36.9 Å². The highest BCUT2D eigenvalue weighted by Gasteiger charge is 2.23. The highest BCUT2D eigenvalue weighted by Crippen LogP contribution is 2.24. The van der Waals surface area contributed by atoms with Crippen LogP contribution in [0.1, 0.15) is 35.8 Å². The van der Waals surface area contributed by atoms with E-state index >= 15 is 0 Å². The summed E-state index contributed by atoms with van der Waals surface area (Å²) in [6.07, 6.45) is 4.65. The van der Waals surface area contributed by atoms with Gasteiger partial charge in [0.15, 0.2) is 5.96 Å². The Morgan fingerprint density at radius 3 is 2.59 bits per heavy atom. The topological polar surface area (TPSA) is 57.0 Å². The summed E-state index contributed by atoms with van der Waals surface area (Å²) in [7, 11) is 1.82. The van der Waals surface area contributed by atoms with Gasteiger partial charge in [-0.25, -0.2) is 4.98 Å². The van der Waals surface area contributed by atoms with Gasteiger partial charge in [-0.2, -0.15) is 0 Å². The first-order valence-corrected chi connectivity index (χ1v) is 10.4. The van der Waals surface area contributed by atoms with E-state index in [1.54, 1.807) is 0 Å². The molecule has 0 amide bonds. The van der Waals surface area contributed by atoms with Crippen molar-refractivity contribution in [3.63, 3.8) is 0 Å². The monoisotopic (exact) mass is 390 g/mol. The van der Waals surface area contributed by atoms with E-state index in [1.165, 1.54) is 24.1 Å². The molecule has 29 heavy (non-hydrogen) atoms. The molecule has 1 fully saturated rings. The van der Waals surface area contributed by atoms with Crippen molar-refractivity contribution in [2.24, 2.45) is 4.99 Å². The predicted octanol–water partition coefficient (Wildman–Crippen LogP) is 3.14. The van der Waals surface area contributed by atoms with Crippen LogP contribution in [0.5, 0.6) is 0 Å². The molecule has 2 N–H and O–H groups in total. The Balaban J connectivity index is 1.39. The lowest BCUT2D eigenvalue weighted by atomic mass is 10.1. The van der Waals surface area contributed by atoms with Gasteiger partial charge in [0.2, 0.25) is 0 Å². The molecule has 3 aromatic rings. The lowest BCUT2D eigenvalue weighted by Crippen LogP contribution is -2.42. The maximum absolute atomic E-state index is 4.70. The van der Waals surface area contributed by atoms with Gasteiger partial charge >= 0.3 is 0 Å². The van der Waals surface area contributed by atoms with Crippen molar-refractivity contribution in [1.29, 1.82) is 0 Å². The number of fused-ring (bicyclic) bond motifs is 1. The Morgan fingerprint density at radius 2 is 1.86 bits per heavy atom. The first-order valence-electron chi connectivity index (χ1n) is 10.4. The molecule has 1 unspecified atom stereocenters. The highest BCUT2D eigenvalue weighted by molar-refractivity contribution is 5.79. The van der Waals surface area contributed by atoms with Gasteiger partial charge in [0.05, 0.1) is 18.3 Å². The minimum Gasteiger partial charge on any atom is -0.354 e. The number of hydrogen-bond donors (Lipinski definition) is 2. The maximum atomic E-state index is 4.70. The molecule has 4 rings (SSSR count). The maximum Gasteiger partial charge on any atom is 0.191 e. The average molecular weight is 391 g/mol. The molecule has 0 spiro atoms. The number of imidazole rings is 1. The van der Waals surface area contributed by atoms with Crippen LogP contribution >= 0.6 is 0 Å². The zero-order valence-corrected chi connectivity index (χ0v) is 17.3. The Bertz CT molecular complexity index is 956. The molecular formula is C23H30N6. The van der Waals surface area contributed by atoms with Crippen LogP contribution in [0.25, 0.3) is 5.65 Å². The highest BCUT2D eigenvalue weighted by atomic mass is 15.2. The van der Waals surface area contributed by atoms with Crippen LogP contribution < -0.4 is 10.6 Å². The van der Waals surface area contributed by atoms with Crippen molar-refractivity contribution < 1.29 is 0 Å². The van der Waals surface area contributed by atoms with Crippen LogP contribution in [-0.2, 0) is 6.54 Å². The van der Waals surface area contributed by atoms with Gasteiger partial charge in [-0.3, -0.25) is 9.89 Å². The number of guanidine groups is 1. The molecule has 1 saturated heterocycles. The normalized spacial score (nSPS) is 16.3. The molecule has 6 heteroatoms. The van der Waals surface area contributed by atoms with Crippen molar-refractivity contribution in [3.05, 3.63) is 71.7 Å². The van der Waals surface area contributed by atoms with Crippen molar-refractivity contribution in [2.45, 2.75) is 32.4 Å². The first-order chi connectivity index (χ1) is 14.2. The van der Waals surface area contributed by atoms with Crippen molar-refractivity contribution >= 4 is 11.6 Å². The second-order valence-electron chi connectivity index (χ2n) is 7.60. The van der Waals surface area contributed by atoms with Gasteiger partial charge in [0.1, 0.15) is 5.65 Å². The number of aryl methyl sites for hydroxylation is 1. The van der Waals surface area contributed by atoms with Crippen molar-refractivity contribution in [1.82, 2.24) is 24.9 Å². The van der Waals surface area contributed by atoms with Gasteiger partial charge < -0.3 is 15.0 Å². The van der Waals surface area contributed by atoms with Gasteiger partial charge in [-0.1, -0.05) is 36.4 Å². The van der Waals surface area contributed by atoms with E-state index in [4.69, 9.17) is 4.98 Å². The van der Waals surface area contributed by atoms with Gasteiger partial charge in [-0.05, 0) is 50.6 Å². The third-order valence-electron chi connectivity index (χ3n) is 5.63. The van der Waals surface area contributed by atoms with Gasteiger partial charge in [0.25, 0.3) is 0 Å². The fraction of sp³-hybridized carbons (Fsp3) is 0.391.